The molecule has 3 saturated carbocycles. The number of H-pyrrole nitrogens is 1. The Bertz CT molecular complexity index is 706. The fourth-order valence-electron chi connectivity index (χ4n) is 5.23. The quantitative estimate of drug-likeness (QED) is 0.675. The van der Waals surface area contributed by atoms with Crippen molar-refractivity contribution in [2.75, 3.05) is 13.6 Å². The lowest BCUT2D eigenvalue weighted by atomic mass is 9.59. The van der Waals surface area contributed by atoms with Crippen molar-refractivity contribution in [3.8, 4) is 0 Å². The molecule has 1 N–H and O–H groups in total. The van der Waals surface area contributed by atoms with Gasteiger partial charge < -0.3 is 9.88 Å². The van der Waals surface area contributed by atoms with Gasteiger partial charge in [-0.2, -0.15) is 0 Å². The van der Waals surface area contributed by atoms with Gasteiger partial charge in [-0.05, 0) is 56.1 Å². The van der Waals surface area contributed by atoms with Crippen molar-refractivity contribution in [1.29, 1.82) is 0 Å². The average molecular weight is 343 g/mol. The Morgan fingerprint density at radius 2 is 2.00 bits per heavy atom. The number of nitrogens with zero attached hydrogens (tertiary/aromatic N) is 2. The number of fused-ring (bicyclic) bond motifs is 3. The van der Waals surface area contributed by atoms with Crippen LogP contribution in [0.3, 0.4) is 0 Å². The first-order valence-corrected chi connectivity index (χ1v) is 9.19. The van der Waals surface area contributed by atoms with E-state index in [1.165, 1.54) is 12.8 Å². The Labute approximate surface area is 147 Å². The van der Waals surface area contributed by atoms with Crippen LogP contribution in [-0.2, 0) is 4.79 Å². The van der Waals surface area contributed by atoms with Gasteiger partial charge in [-0.15, -0.1) is 0 Å². The number of aromatic amines is 1. The molecule has 1 saturated heterocycles. The minimum atomic E-state index is -0.823. The first kappa shape index (κ1) is 16.4. The highest BCUT2D eigenvalue weighted by Gasteiger charge is 2.60. The fourth-order valence-corrected chi connectivity index (χ4v) is 5.23. The molecule has 6 nitrogen and oxygen atoms in total. The molecule has 1 aromatic rings. The van der Waals surface area contributed by atoms with Gasteiger partial charge in [0.1, 0.15) is 5.54 Å². The molecule has 2 atom stereocenters. The van der Waals surface area contributed by atoms with Gasteiger partial charge >= 0.3 is 6.03 Å². The molecule has 6 heteroatoms. The molecule has 4 fully saturated rings. The third-order valence-corrected chi connectivity index (χ3v) is 6.86. The summed E-state index contributed by atoms with van der Waals surface area (Å²) in [6, 6.07) is 3.04. The van der Waals surface area contributed by atoms with E-state index in [1.807, 2.05) is 6.92 Å². The number of rotatable bonds is 4. The molecule has 1 aliphatic heterocycles. The van der Waals surface area contributed by atoms with E-state index >= 15 is 0 Å². The average Bonchev–Trinajstić information content (AvgIpc) is 3.23. The van der Waals surface area contributed by atoms with E-state index in [0.717, 1.165) is 24.2 Å². The number of hydrogen-bond acceptors (Lipinski definition) is 3. The summed E-state index contributed by atoms with van der Waals surface area (Å²) in [7, 11) is 1.71. The maximum absolute atomic E-state index is 13.2. The second-order valence-corrected chi connectivity index (χ2v) is 8.01. The lowest BCUT2D eigenvalue weighted by molar-refractivity contribution is -0.138. The number of carbonyl (C=O) groups excluding carboxylic acids is 3. The molecule has 1 unspecified atom stereocenters. The standard InChI is InChI=1S/C19H25N3O3/c1-19(14-10-12-5-7-13(14)8-6-12)17(24)22(18(25)21(19)2)11-16(23)15-4-3-9-20-15/h3-4,9,12-14,20H,5-8,10-11H2,1-2H3/t12-,13+,14-,19?/m0/s1. The van der Waals surface area contributed by atoms with Crippen molar-refractivity contribution in [1.82, 2.24) is 14.8 Å². The number of aromatic nitrogens is 1. The van der Waals surface area contributed by atoms with E-state index in [4.69, 9.17) is 0 Å². The van der Waals surface area contributed by atoms with Gasteiger partial charge in [-0.25, -0.2) is 4.79 Å². The zero-order valence-corrected chi connectivity index (χ0v) is 14.8. The van der Waals surface area contributed by atoms with Gasteiger partial charge in [0.25, 0.3) is 5.91 Å². The molecule has 1 aromatic heterocycles. The number of urea groups is 1. The third kappa shape index (κ3) is 2.34. The minimum absolute atomic E-state index is 0.196. The van der Waals surface area contributed by atoms with Crippen LogP contribution in [0.1, 0.15) is 49.5 Å². The normalized spacial score (nSPS) is 34.9. The van der Waals surface area contributed by atoms with Crippen molar-refractivity contribution in [2.24, 2.45) is 17.8 Å². The van der Waals surface area contributed by atoms with Crippen LogP contribution in [0, 0.1) is 17.8 Å². The molecule has 0 aromatic carbocycles. The Balaban J connectivity index is 1.59. The molecule has 3 amide bonds. The second-order valence-electron chi connectivity index (χ2n) is 8.01. The number of ketones is 1. The predicted octanol–water partition coefficient (Wildman–Crippen LogP) is 2.68. The summed E-state index contributed by atoms with van der Waals surface area (Å²) < 4.78 is 0. The molecule has 2 bridgehead atoms. The van der Waals surface area contributed by atoms with E-state index < -0.39 is 5.54 Å². The molecule has 0 radical (unpaired) electrons. The van der Waals surface area contributed by atoms with Gasteiger partial charge in [-0.1, -0.05) is 12.8 Å². The van der Waals surface area contributed by atoms with Crippen molar-refractivity contribution in [3.63, 3.8) is 0 Å². The molecule has 4 aliphatic rings. The maximum Gasteiger partial charge on any atom is 0.327 e. The molecule has 25 heavy (non-hydrogen) atoms. The first-order chi connectivity index (χ1) is 11.9. The number of amides is 3. The number of nitrogens with one attached hydrogen (secondary N) is 1. The summed E-state index contributed by atoms with van der Waals surface area (Å²) in [6.07, 6.45) is 7.48. The summed E-state index contributed by atoms with van der Waals surface area (Å²) in [6.45, 7) is 1.71. The highest BCUT2D eigenvalue weighted by Crippen LogP contribution is 2.52. The van der Waals surface area contributed by atoms with Crippen molar-refractivity contribution in [2.45, 2.75) is 44.6 Å². The van der Waals surface area contributed by atoms with Crippen LogP contribution >= 0.6 is 0 Å². The SMILES string of the molecule is CN1C(=O)N(CC(=O)c2ccc[nH]2)C(=O)C1(C)[C@H]1C[C@H]2CC[C@@H]1CC2. The van der Waals surface area contributed by atoms with E-state index in [-0.39, 0.29) is 30.2 Å². The molecule has 134 valence electrons. The summed E-state index contributed by atoms with van der Waals surface area (Å²) >= 11 is 0. The van der Waals surface area contributed by atoms with Gasteiger partial charge in [0.15, 0.2) is 5.78 Å². The Morgan fingerprint density at radius 1 is 1.28 bits per heavy atom. The highest BCUT2D eigenvalue weighted by molar-refractivity contribution is 6.10. The number of carbonyl (C=O) groups is 3. The van der Waals surface area contributed by atoms with Crippen molar-refractivity contribution >= 4 is 17.7 Å². The fraction of sp³-hybridized carbons (Fsp3) is 0.632. The van der Waals surface area contributed by atoms with Crippen LogP contribution in [0.5, 0.6) is 0 Å². The monoisotopic (exact) mass is 343 g/mol. The highest BCUT2D eigenvalue weighted by atomic mass is 16.2. The van der Waals surface area contributed by atoms with Crippen molar-refractivity contribution < 1.29 is 14.4 Å². The topological polar surface area (TPSA) is 73.5 Å². The third-order valence-electron chi connectivity index (χ3n) is 6.86. The van der Waals surface area contributed by atoms with Gasteiger partial charge in [0.05, 0.1) is 12.2 Å². The van der Waals surface area contributed by atoms with E-state index in [1.54, 1.807) is 30.3 Å². The summed E-state index contributed by atoms with van der Waals surface area (Å²) in [5.74, 6) is 0.935. The zero-order valence-electron chi connectivity index (χ0n) is 14.8. The van der Waals surface area contributed by atoms with Gasteiger partial charge in [0, 0.05) is 13.2 Å². The number of hydrogen-bond donors (Lipinski definition) is 1. The Kier molecular flexibility index (Phi) is 3.74. The number of likely N-dealkylation sites (N-methyl/N-ethyl adjacent to an activating group) is 1. The van der Waals surface area contributed by atoms with Crippen LogP contribution in [0.25, 0.3) is 0 Å². The number of Topliss-reactive ketones (excluding diaryl/α,β-unsaturated/α-hetero) is 1. The van der Waals surface area contributed by atoms with Crippen LogP contribution in [0.4, 0.5) is 4.79 Å². The second kappa shape index (κ2) is 5.71. The smallest absolute Gasteiger partial charge is 0.327 e. The summed E-state index contributed by atoms with van der Waals surface area (Å²) in [5.41, 5.74) is -0.398. The van der Waals surface area contributed by atoms with Crippen LogP contribution in [-0.4, -0.2) is 51.6 Å². The lowest BCUT2D eigenvalue weighted by Crippen LogP contribution is -2.56. The molecular weight excluding hydrogens is 318 g/mol. The molecule has 3 aliphatic carbocycles. The Hall–Kier alpha value is -2.11. The Morgan fingerprint density at radius 3 is 2.56 bits per heavy atom. The summed E-state index contributed by atoms with van der Waals surface area (Å²) in [5, 5.41) is 0. The van der Waals surface area contributed by atoms with Gasteiger partial charge in [-0.3, -0.25) is 14.5 Å². The van der Waals surface area contributed by atoms with Crippen molar-refractivity contribution in [3.05, 3.63) is 24.0 Å². The van der Waals surface area contributed by atoms with Crippen LogP contribution in [0.15, 0.2) is 18.3 Å². The zero-order chi connectivity index (χ0) is 17.8. The lowest BCUT2D eigenvalue weighted by Gasteiger charge is -2.49. The van der Waals surface area contributed by atoms with E-state index in [9.17, 15) is 14.4 Å². The van der Waals surface area contributed by atoms with E-state index in [2.05, 4.69) is 4.98 Å². The molecule has 2 heterocycles. The van der Waals surface area contributed by atoms with Crippen LogP contribution in [0.2, 0.25) is 0 Å². The summed E-state index contributed by atoms with van der Waals surface area (Å²) in [4.78, 5) is 43.9. The first-order valence-electron chi connectivity index (χ1n) is 9.19. The predicted molar refractivity (Wildman–Crippen MR) is 92.0 cm³/mol. The largest absolute Gasteiger partial charge is 0.359 e. The maximum atomic E-state index is 13.2. The van der Waals surface area contributed by atoms with E-state index in [0.29, 0.717) is 17.5 Å². The van der Waals surface area contributed by atoms with Crippen LogP contribution < -0.4 is 0 Å². The minimum Gasteiger partial charge on any atom is -0.359 e. The van der Waals surface area contributed by atoms with Gasteiger partial charge in [0.2, 0.25) is 0 Å². The molecule has 0 spiro atoms. The number of imide groups is 1. The molecular formula is C19H25N3O3. The molecule has 5 rings (SSSR count).